The molecule has 2 heterocycles. The fourth-order valence-electron chi connectivity index (χ4n) is 1.82. The molecule has 98 valence electrons. The molecule has 7 nitrogen and oxygen atoms in total. The second-order valence-corrected chi connectivity index (χ2v) is 4.25. The van der Waals surface area contributed by atoms with Crippen LogP contribution in [-0.2, 0) is 16.1 Å². The zero-order valence-electron chi connectivity index (χ0n) is 10.3. The van der Waals surface area contributed by atoms with E-state index in [-0.39, 0.29) is 0 Å². The van der Waals surface area contributed by atoms with Gasteiger partial charge in [0.1, 0.15) is 0 Å². The molecule has 0 atom stereocenters. The van der Waals surface area contributed by atoms with Crippen molar-refractivity contribution in [3.05, 3.63) is 17.5 Å². The summed E-state index contributed by atoms with van der Waals surface area (Å²) in [7, 11) is 0. The van der Waals surface area contributed by atoms with Crippen LogP contribution in [0.3, 0.4) is 0 Å². The van der Waals surface area contributed by atoms with Crippen LogP contribution in [0.5, 0.6) is 0 Å². The highest BCUT2D eigenvalue weighted by Crippen LogP contribution is 2.01. The molecule has 1 aromatic heterocycles. The molecule has 0 saturated carbocycles. The van der Waals surface area contributed by atoms with Crippen LogP contribution in [0.25, 0.3) is 0 Å². The number of aromatic nitrogens is 2. The van der Waals surface area contributed by atoms with Gasteiger partial charge in [-0.1, -0.05) is 0 Å². The molecular formula is C11H17N5O2. The number of aryl methyl sites for hydroxylation is 1. The molecule has 7 heteroatoms. The van der Waals surface area contributed by atoms with E-state index in [1.165, 1.54) is 0 Å². The number of nitrogens with one attached hydrogen (secondary N) is 3. The monoisotopic (exact) mass is 251 g/mol. The standard InChI is InChI=1S/C11H17N5O2/c1-8-9(7-14-15-8)6-13-10(17)11(18)16-4-2-12-3-5-16/h7,12H,2-6H2,1H3,(H,13,17)(H,14,15). The third-order valence-electron chi connectivity index (χ3n) is 2.97. The van der Waals surface area contributed by atoms with Crippen LogP contribution in [0.4, 0.5) is 0 Å². The van der Waals surface area contributed by atoms with Crippen molar-refractivity contribution in [2.45, 2.75) is 13.5 Å². The average Bonchev–Trinajstić information content (AvgIpc) is 2.81. The minimum absolute atomic E-state index is 0.318. The van der Waals surface area contributed by atoms with Gasteiger partial charge in [-0.05, 0) is 6.92 Å². The van der Waals surface area contributed by atoms with Gasteiger partial charge in [0.2, 0.25) is 0 Å². The maximum Gasteiger partial charge on any atom is 0.311 e. The summed E-state index contributed by atoms with van der Waals surface area (Å²) in [5.41, 5.74) is 1.78. The second kappa shape index (κ2) is 5.63. The van der Waals surface area contributed by atoms with Crippen molar-refractivity contribution in [1.29, 1.82) is 0 Å². The van der Waals surface area contributed by atoms with Crippen molar-refractivity contribution < 1.29 is 9.59 Å². The van der Waals surface area contributed by atoms with Gasteiger partial charge in [0.25, 0.3) is 0 Å². The first-order chi connectivity index (χ1) is 8.68. The molecule has 0 spiro atoms. The molecule has 0 aliphatic carbocycles. The van der Waals surface area contributed by atoms with Crippen molar-refractivity contribution in [3.63, 3.8) is 0 Å². The highest BCUT2D eigenvalue weighted by molar-refractivity contribution is 6.34. The summed E-state index contributed by atoms with van der Waals surface area (Å²) in [5.74, 6) is -1.02. The van der Waals surface area contributed by atoms with Crippen LogP contribution in [0.15, 0.2) is 6.20 Å². The Morgan fingerprint density at radius 1 is 1.44 bits per heavy atom. The summed E-state index contributed by atoms with van der Waals surface area (Å²) in [6.07, 6.45) is 1.64. The third-order valence-corrected chi connectivity index (χ3v) is 2.97. The van der Waals surface area contributed by atoms with E-state index in [2.05, 4.69) is 20.8 Å². The molecule has 1 aliphatic heterocycles. The van der Waals surface area contributed by atoms with E-state index in [0.29, 0.717) is 19.6 Å². The highest BCUT2D eigenvalue weighted by atomic mass is 16.2. The van der Waals surface area contributed by atoms with Gasteiger partial charge in [-0.2, -0.15) is 5.10 Å². The Balaban J connectivity index is 1.84. The van der Waals surface area contributed by atoms with Gasteiger partial charge >= 0.3 is 11.8 Å². The lowest BCUT2D eigenvalue weighted by Gasteiger charge is -2.26. The first-order valence-corrected chi connectivity index (χ1v) is 5.95. The number of piperazine rings is 1. The molecule has 2 rings (SSSR count). The highest BCUT2D eigenvalue weighted by Gasteiger charge is 2.22. The van der Waals surface area contributed by atoms with Gasteiger partial charge in [0.15, 0.2) is 0 Å². The van der Waals surface area contributed by atoms with Crippen molar-refractivity contribution in [1.82, 2.24) is 25.7 Å². The smallest absolute Gasteiger partial charge is 0.311 e. The van der Waals surface area contributed by atoms with Crippen molar-refractivity contribution in [2.75, 3.05) is 26.2 Å². The lowest BCUT2D eigenvalue weighted by Crippen LogP contribution is -2.51. The molecule has 0 radical (unpaired) electrons. The number of hydrogen-bond donors (Lipinski definition) is 3. The maximum atomic E-state index is 11.8. The predicted molar refractivity (Wildman–Crippen MR) is 64.6 cm³/mol. The zero-order chi connectivity index (χ0) is 13.0. The number of nitrogens with zero attached hydrogens (tertiary/aromatic N) is 2. The van der Waals surface area contributed by atoms with Crippen LogP contribution in [0.2, 0.25) is 0 Å². The Bertz CT molecular complexity index is 436. The van der Waals surface area contributed by atoms with Crippen molar-refractivity contribution in [3.8, 4) is 0 Å². The molecule has 0 unspecified atom stereocenters. The van der Waals surface area contributed by atoms with Gasteiger partial charge in [0.05, 0.1) is 6.20 Å². The van der Waals surface area contributed by atoms with Gasteiger partial charge in [-0.15, -0.1) is 0 Å². The van der Waals surface area contributed by atoms with E-state index in [9.17, 15) is 9.59 Å². The molecule has 1 aliphatic rings. The van der Waals surface area contributed by atoms with Crippen LogP contribution in [-0.4, -0.2) is 53.1 Å². The first kappa shape index (κ1) is 12.6. The molecule has 18 heavy (non-hydrogen) atoms. The summed E-state index contributed by atoms with van der Waals surface area (Å²) < 4.78 is 0. The lowest BCUT2D eigenvalue weighted by molar-refractivity contribution is -0.146. The number of H-pyrrole nitrogens is 1. The van der Waals surface area contributed by atoms with E-state index in [1.807, 2.05) is 6.92 Å². The number of carbonyl (C=O) groups excluding carboxylic acids is 2. The van der Waals surface area contributed by atoms with E-state index < -0.39 is 11.8 Å². The summed E-state index contributed by atoms with van der Waals surface area (Å²) >= 11 is 0. The number of hydrogen-bond acceptors (Lipinski definition) is 4. The topological polar surface area (TPSA) is 90.1 Å². The normalized spacial score (nSPS) is 15.5. The van der Waals surface area contributed by atoms with Crippen LogP contribution < -0.4 is 10.6 Å². The number of amides is 2. The van der Waals surface area contributed by atoms with Gasteiger partial charge < -0.3 is 15.5 Å². The number of rotatable bonds is 2. The van der Waals surface area contributed by atoms with Gasteiger partial charge in [-0.3, -0.25) is 14.7 Å². The Morgan fingerprint density at radius 3 is 2.78 bits per heavy atom. The molecule has 0 bridgehead atoms. The minimum atomic E-state index is -0.558. The van der Waals surface area contributed by atoms with Crippen LogP contribution >= 0.6 is 0 Å². The van der Waals surface area contributed by atoms with E-state index in [4.69, 9.17) is 0 Å². The van der Waals surface area contributed by atoms with Crippen LogP contribution in [0, 0.1) is 6.92 Å². The van der Waals surface area contributed by atoms with E-state index in [1.54, 1.807) is 11.1 Å². The van der Waals surface area contributed by atoms with Crippen molar-refractivity contribution >= 4 is 11.8 Å². The maximum absolute atomic E-state index is 11.8. The predicted octanol–water partition coefficient (Wildman–Crippen LogP) is -1.23. The van der Waals surface area contributed by atoms with Gasteiger partial charge in [-0.25, -0.2) is 0 Å². The summed E-state index contributed by atoms with van der Waals surface area (Å²) in [6.45, 7) is 4.82. The largest absolute Gasteiger partial charge is 0.344 e. The Hall–Kier alpha value is -1.89. The summed E-state index contributed by atoms with van der Waals surface area (Å²) in [5, 5.41) is 12.4. The molecule has 3 N–H and O–H groups in total. The Morgan fingerprint density at radius 2 is 2.17 bits per heavy atom. The first-order valence-electron chi connectivity index (χ1n) is 5.95. The second-order valence-electron chi connectivity index (χ2n) is 4.25. The lowest BCUT2D eigenvalue weighted by atomic mass is 10.2. The molecular weight excluding hydrogens is 234 g/mol. The molecule has 1 fully saturated rings. The fraction of sp³-hybridized carbons (Fsp3) is 0.545. The molecule has 2 amide bonds. The minimum Gasteiger partial charge on any atom is -0.344 e. The fourth-order valence-corrected chi connectivity index (χ4v) is 1.82. The quantitative estimate of drug-likeness (QED) is 0.574. The Kier molecular flexibility index (Phi) is 3.93. The SMILES string of the molecule is Cc1[nH]ncc1CNC(=O)C(=O)N1CCNCC1. The van der Waals surface area contributed by atoms with Crippen molar-refractivity contribution in [2.24, 2.45) is 0 Å². The molecule has 0 aromatic carbocycles. The van der Waals surface area contributed by atoms with E-state index >= 15 is 0 Å². The Labute approximate surface area is 105 Å². The molecule has 1 aromatic rings. The summed E-state index contributed by atoms with van der Waals surface area (Å²) in [4.78, 5) is 25.1. The zero-order valence-corrected chi connectivity index (χ0v) is 10.3. The third kappa shape index (κ3) is 2.86. The van der Waals surface area contributed by atoms with Gasteiger partial charge in [0, 0.05) is 44.0 Å². The number of carbonyl (C=O) groups is 2. The number of aromatic amines is 1. The summed E-state index contributed by atoms with van der Waals surface area (Å²) in [6, 6.07) is 0. The average molecular weight is 251 g/mol. The van der Waals surface area contributed by atoms with E-state index in [0.717, 1.165) is 24.3 Å². The molecule has 1 saturated heterocycles. The van der Waals surface area contributed by atoms with Crippen LogP contribution in [0.1, 0.15) is 11.3 Å².